The van der Waals surface area contributed by atoms with Crippen molar-refractivity contribution in [2.24, 2.45) is 0 Å². The Kier molecular flexibility index (Phi) is 4.76. The van der Waals surface area contributed by atoms with E-state index in [0.29, 0.717) is 4.47 Å². The molecule has 0 atom stereocenters. The monoisotopic (exact) mass is 314 g/mol. The molecule has 0 aromatic heterocycles. The lowest BCUT2D eigenvalue weighted by molar-refractivity contribution is 0.233. The molecule has 100 valence electrons. The topological polar surface area (TPSA) is 15.3 Å². The SMILES string of the molecule is CC(C)c1cc(CN2CCNCC2)cc(Br)c1F. The summed E-state index contributed by atoms with van der Waals surface area (Å²) in [5.74, 6) is 0.0957. The van der Waals surface area contributed by atoms with Crippen LogP contribution in [-0.4, -0.2) is 31.1 Å². The van der Waals surface area contributed by atoms with Gasteiger partial charge in [-0.25, -0.2) is 4.39 Å². The molecule has 1 aromatic rings. The van der Waals surface area contributed by atoms with Crippen LogP contribution in [-0.2, 0) is 6.54 Å². The molecule has 1 heterocycles. The molecular weight excluding hydrogens is 295 g/mol. The van der Waals surface area contributed by atoms with Crippen LogP contribution in [0.25, 0.3) is 0 Å². The molecule has 1 N–H and O–H groups in total. The number of nitrogens with one attached hydrogen (secondary N) is 1. The Morgan fingerprint density at radius 3 is 2.61 bits per heavy atom. The zero-order chi connectivity index (χ0) is 13.1. The molecule has 1 aromatic carbocycles. The van der Waals surface area contributed by atoms with Gasteiger partial charge in [-0.2, -0.15) is 0 Å². The lowest BCUT2D eigenvalue weighted by Gasteiger charge is -2.27. The number of hydrogen-bond acceptors (Lipinski definition) is 2. The largest absolute Gasteiger partial charge is 0.314 e. The van der Waals surface area contributed by atoms with Crippen LogP contribution in [0.5, 0.6) is 0 Å². The van der Waals surface area contributed by atoms with Gasteiger partial charge in [0.15, 0.2) is 0 Å². The zero-order valence-electron chi connectivity index (χ0n) is 11.0. The number of rotatable bonds is 3. The molecule has 1 aliphatic heterocycles. The highest BCUT2D eigenvalue weighted by atomic mass is 79.9. The Morgan fingerprint density at radius 2 is 2.00 bits per heavy atom. The Bertz CT molecular complexity index is 415. The predicted molar refractivity (Wildman–Crippen MR) is 76.3 cm³/mol. The summed E-state index contributed by atoms with van der Waals surface area (Å²) in [7, 11) is 0. The van der Waals surface area contributed by atoms with Gasteiger partial charge in [0.1, 0.15) is 5.82 Å². The standard InChI is InChI=1S/C14H20BrFN2/c1-10(2)12-7-11(8-13(15)14(12)16)9-18-5-3-17-4-6-18/h7-8,10,17H,3-6,9H2,1-2H3. The van der Waals surface area contributed by atoms with E-state index in [0.717, 1.165) is 38.3 Å². The molecule has 1 fully saturated rings. The van der Waals surface area contributed by atoms with E-state index in [1.54, 1.807) is 0 Å². The summed E-state index contributed by atoms with van der Waals surface area (Å²) in [4.78, 5) is 2.40. The van der Waals surface area contributed by atoms with Crippen molar-refractivity contribution < 1.29 is 4.39 Å². The predicted octanol–water partition coefficient (Wildman–Crippen LogP) is 3.12. The maximum atomic E-state index is 13.9. The minimum absolute atomic E-state index is 0.117. The molecule has 4 heteroatoms. The average molecular weight is 315 g/mol. The zero-order valence-corrected chi connectivity index (χ0v) is 12.6. The van der Waals surface area contributed by atoms with Gasteiger partial charge < -0.3 is 5.32 Å². The highest BCUT2D eigenvalue weighted by Gasteiger charge is 2.15. The van der Waals surface area contributed by atoms with Gasteiger partial charge in [-0.05, 0) is 39.0 Å². The third-order valence-electron chi connectivity index (χ3n) is 3.35. The molecule has 0 radical (unpaired) electrons. The van der Waals surface area contributed by atoms with E-state index in [1.807, 2.05) is 26.0 Å². The quantitative estimate of drug-likeness (QED) is 0.922. The molecule has 0 spiro atoms. The third kappa shape index (κ3) is 3.31. The van der Waals surface area contributed by atoms with Gasteiger partial charge in [-0.3, -0.25) is 4.90 Å². The first-order chi connectivity index (χ1) is 8.58. The molecule has 0 unspecified atom stereocenters. The number of nitrogens with zero attached hydrogens (tertiary/aromatic N) is 1. The fourth-order valence-electron chi connectivity index (χ4n) is 2.31. The van der Waals surface area contributed by atoms with E-state index < -0.39 is 0 Å². The molecule has 1 aliphatic rings. The summed E-state index contributed by atoms with van der Waals surface area (Å²) in [5, 5.41) is 3.34. The van der Waals surface area contributed by atoms with Gasteiger partial charge in [-0.15, -0.1) is 0 Å². The second kappa shape index (κ2) is 6.13. The van der Waals surface area contributed by atoms with E-state index in [-0.39, 0.29) is 11.7 Å². The molecule has 2 nitrogen and oxygen atoms in total. The highest BCUT2D eigenvalue weighted by molar-refractivity contribution is 9.10. The molecule has 0 aliphatic carbocycles. The molecule has 1 saturated heterocycles. The van der Waals surface area contributed by atoms with Crippen LogP contribution in [0.2, 0.25) is 0 Å². The average Bonchev–Trinajstić information content (AvgIpc) is 2.34. The van der Waals surface area contributed by atoms with Gasteiger partial charge in [0.05, 0.1) is 4.47 Å². The lowest BCUT2D eigenvalue weighted by Crippen LogP contribution is -2.42. The van der Waals surface area contributed by atoms with E-state index >= 15 is 0 Å². The van der Waals surface area contributed by atoms with E-state index in [2.05, 4.69) is 26.1 Å². The van der Waals surface area contributed by atoms with Crippen LogP contribution < -0.4 is 5.32 Å². The smallest absolute Gasteiger partial charge is 0.140 e. The minimum Gasteiger partial charge on any atom is -0.314 e. The van der Waals surface area contributed by atoms with Crippen molar-refractivity contribution in [3.05, 3.63) is 33.5 Å². The Balaban J connectivity index is 2.17. The van der Waals surface area contributed by atoms with Crippen molar-refractivity contribution >= 4 is 15.9 Å². The van der Waals surface area contributed by atoms with Crippen molar-refractivity contribution in [2.75, 3.05) is 26.2 Å². The van der Waals surface area contributed by atoms with E-state index in [9.17, 15) is 4.39 Å². The molecule has 0 amide bonds. The van der Waals surface area contributed by atoms with Crippen molar-refractivity contribution in [3.8, 4) is 0 Å². The van der Waals surface area contributed by atoms with E-state index in [4.69, 9.17) is 0 Å². The summed E-state index contributed by atoms with van der Waals surface area (Å²) < 4.78 is 14.5. The van der Waals surface area contributed by atoms with Crippen LogP contribution >= 0.6 is 15.9 Å². The van der Waals surface area contributed by atoms with Gasteiger partial charge in [0, 0.05) is 32.7 Å². The highest BCUT2D eigenvalue weighted by Crippen LogP contribution is 2.27. The molecule has 18 heavy (non-hydrogen) atoms. The van der Waals surface area contributed by atoms with Crippen molar-refractivity contribution in [3.63, 3.8) is 0 Å². The first-order valence-corrected chi connectivity index (χ1v) is 7.28. The number of hydrogen-bond donors (Lipinski definition) is 1. The summed E-state index contributed by atoms with van der Waals surface area (Å²) in [6.45, 7) is 9.16. The summed E-state index contributed by atoms with van der Waals surface area (Å²) in [5.41, 5.74) is 1.99. The number of halogens is 2. The van der Waals surface area contributed by atoms with Crippen LogP contribution in [0.4, 0.5) is 4.39 Å². The van der Waals surface area contributed by atoms with Crippen LogP contribution in [0, 0.1) is 5.82 Å². The maximum Gasteiger partial charge on any atom is 0.140 e. The number of piperazine rings is 1. The van der Waals surface area contributed by atoms with Gasteiger partial charge in [-0.1, -0.05) is 19.9 Å². The minimum atomic E-state index is -0.117. The van der Waals surface area contributed by atoms with Crippen LogP contribution in [0.15, 0.2) is 16.6 Å². The molecular formula is C14H20BrFN2. The second-order valence-corrected chi connectivity index (χ2v) is 6.02. The van der Waals surface area contributed by atoms with E-state index in [1.165, 1.54) is 5.56 Å². The Labute approximate surface area is 117 Å². The first kappa shape index (κ1) is 14.0. The Morgan fingerprint density at radius 1 is 1.33 bits per heavy atom. The van der Waals surface area contributed by atoms with Gasteiger partial charge >= 0.3 is 0 Å². The summed E-state index contributed by atoms with van der Waals surface area (Å²) in [6, 6.07) is 3.91. The maximum absolute atomic E-state index is 13.9. The molecule has 2 rings (SSSR count). The van der Waals surface area contributed by atoms with Crippen molar-refractivity contribution in [1.82, 2.24) is 10.2 Å². The second-order valence-electron chi connectivity index (χ2n) is 5.16. The van der Waals surface area contributed by atoms with Gasteiger partial charge in [0.2, 0.25) is 0 Å². The molecule has 0 saturated carbocycles. The molecule has 0 bridgehead atoms. The first-order valence-electron chi connectivity index (χ1n) is 6.49. The Hall–Kier alpha value is -0.450. The summed E-state index contributed by atoms with van der Waals surface area (Å²) in [6.07, 6.45) is 0. The fourth-order valence-corrected chi connectivity index (χ4v) is 2.83. The van der Waals surface area contributed by atoms with Crippen molar-refractivity contribution in [2.45, 2.75) is 26.3 Å². The van der Waals surface area contributed by atoms with Gasteiger partial charge in [0.25, 0.3) is 0 Å². The fraction of sp³-hybridized carbons (Fsp3) is 0.571. The normalized spacial score (nSPS) is 17.4. The van der Waals surface area contributed by atoms with Crippen molar-refractivity contribution in [1.29, 1.82) is 0 Å². The third-order valence-corrected chi connectivity index (χ3v) is 3.93. The van der Waals surface area contributed by atoms with Crippen LogP contribution in [0.3, 0.4) is 0 Å². The lowest BCUT2D eigenvalue weighted by atomic mass is 10.00. The van der Waals surface area contributed by atoms with Crippen LogP contribution in [0.1, 0.15) is 30.9 Å². The number of benzene rings is 1. The summed E-state index contributed by atoms with van der Waals surface area (Å²) >= 11 is 3.32.